The summed E-state index contributed by atoms with van der Waals surface area (Å²) in [5, 5.41) is 0. The van der Waals surface area contributed by atoms with Gasteiger partial charge < -0.3 is 5.73 Å². The van der Waals surface area contributed by atoms with Gasteiger partial charge in [0.15, 0.2) is 0 Å². The molecule has 0 aromatic heterocycles. The zero-order valence-corrected chi connectivity index (χ0v) is 13.1. The number of nitrogens with one attached hydrogen (secondary N) is 1. The molecule has 1 aromatic rings. The van der Waals surface area contributed by atoms with Crippen LogP contribution in [0.2, 0.25) is 0 Å². The molecule has 0 saturated carbocycles. The van der Waals surface area contributed by atoms with Gasteiger partial charge in [0.1, 0.15) is 0 Å². The van der Waals surface area contributed by atoms with Crippen molar-refractivity contribution in [2.75, 3.05) is 12.8 Å². The van der Waals surface area contributed by atoms with Gasteiger partial charge in [-0.3, -0.25) is 0 Å². The van der Waals surface area contributed by atoms with Crippen LogP contribution in [0.3, 0.4) is 0 Å². The summed E-state index contributed by atoms with van der Waals surface area (Å²) < 4.78 is 26.8. The monoisotopic (exact) mass is 310 g/mol. The lowest BCUT2D eigenvalue weighted by molar-refractivity contribution is 0.462. The van der Waals surface area contributed by atoms with E-state index in [0.29, 0.717) is 0 Å². The highest BCUT2D eigenvalue weighted by molar-refractivity contribution is 7.98. The molecular weight excluding hydrogens is 292 g/mol. The average molecular weight is 311 g/mol. The van der Waals surface area contributed by atoms with Crippen LogP contribution in [0.5, 0.6) is 0 Å². The zero-order valence-electron chi connectivity index (χ0n) is 10.6. The van der Waals surface area contributed by atoms with E-state index in [1.807, 2.05) is 12.3 Å². The standard InChI is InChI=1S/C11H18N2O2S2.ClH/c1-11(2,8-12)13-17(14,15)10-6-4-5-9(7-10)16-3;/h4-7,13H,8,12H2,1-3H3;1H. The minimum atomic E-state index is -3.51. The Morgan fingerprint density at radius 3 is 2.50 bits per heavy atom. The first-order valence-electron chi connectivity index (χ1n) is 5.19. The van der Waals surface area contributed by atoms with Crippen molar-refractivity contribution >= 4 is 34.2 Å². The van der Waals surface area contributed by atoms with Crippen molar-refractivity contribution in [3.63, 3.8) is 0 Å². The van der Waals surface area contributed by atoms with Crippen LogP contribution < -0.4 is 10.5 Å². The Bertz CT molecular complexity index is 490. The number of hydrogen-bond acceptors (Lipinski definition) is 4. The first kappa shape index (κ1) is 17.7. The maximum Gasteiger partial charge on any atom is 0.241 e. The van der Waals surface area contributed by atoms with Gasteiger partial charge >= 0.3 is 0 Å². The lowest BCUT2D eigenvalue weighted by atomic mass is 10.1. The molecule has 1 rings (SSSR count). The Hall–Kier alpha value is -0.270. The highest BCUT2D eigenvalue weighted by Crippen LogP contribution is 2.20. The third-order valence-corrected chi connectivity index (χ3v) is 4.69. The average Bonchev–Trinajstić information content (AvgIpc) is 2.28. The van der Waals surface area contributed by atoms with Gasteiger partial charge in [-0.15, -0.1) is 24.2 Å². The van der Waals surface area contributed by atoms with E-state index in [0.717, 1.165) is 4.90 Å². The second-order valence-corrected chi connectivity index (χ2v) is 6.93. The Morgan fingerprint density at radius 2 is 2.00 bits per heavy atom. The predicted molar refractivity (Wildman–Crippen MR) is 78.9 cm³/mol. The summed E-state index contributed by atoms with van der Waals surface area (Å²) in [6.45, 7) is 3.75. The highest BCUT2D eigenvalue weighted by atomic mass is 35.5. The van der Waals surface area contributed by atoms with Gasteiger partial charge in [-0.25, -0.2) is 13.1 Å². The van der Waals surface area contributed by atoms with E-state index in [1.165, 1.54) is 11.8 Å². The largest absolute Gasteiger partial charge is 0.329 e. The summed E-state index contributed by atoms with van der Waals surface area (Å²) in [4.78, 5) is 1.18. The number of halogens is 1. The summed E-state index contributed by atoms with van der Waals surface area (Å²) in [5.74, 6) is 0. The van der Waals surface area contributed by atoms with E-state index in [9.17, 15) is 8.42 Å². The zero-order chi connectivity index (χ0) is 13.1. The Labute approximate surface area is 119 Å². The summed E-state index contributed by atoms with van der Waals surface area (Å²) in [5.41, 5.74) is 4.87. The number of rotatable bonds is 5. The van der Waals surface area contributed by atoms with E-state index in [1.54, 1.807) is 32.0 Å². The summed E-state index contributed by atoms with van der Waals surface area (Å²) in [6.07, 6.45) is 1.91. The minimum Gasteiger partial charge on any atom is -0.329 e. The molecular formula is C11H19ClN2O2S2. The lowest BCUT2D eigenvalue weighted by Gasteiger charge is -2.23. The van der Waals surface area contributed by atoms with Crippen LogP contribution in [0.15, 0.2) is 34.1 Å². The van der Waals surface area contributed by atoms with Gasteiger partial charge in [0.2, 0.25) is 10.0 Å². The molecule has 0 atom stereocenters. The van der Waals surface area contributed by atoms with Gasteiger partial charge in [0, 0.05) is 17.0 Å². The van der Waals surface area contributed by atoms with Gasteiger partial charge in [-0.1, -0.05) is 6.07 Å². The molecule has 0 fully saturated rings. The van der Waals surface area contributed by atoms with E-state index in [2.05, 4.69) is 4.72 Å². The van der Waals surface area contributed by atoms with Crippen molar-refractivity contribution in [3.05, 3.63) is 24.3 Å². The van der Waals surface area contributed by atoms with Crippen molar-refractivity contribution in [1.29, 1.82) is 0 Å². The van der Waals surface area contributed by atoms with Crippen molar-refractivity contribution < 1.29 is 8.42 Å². The van der Waals surface area contributed by atoms with Gasteiger partial charge in [-0.05, 0) is 38.3 Å². The smallest absolute Gasteiger partial charge is 0.241 e. The first-order valence-corrected chi connectivity index (χ1v) is 7.90. The molecule has 0 heterocycles. The molecule has 0 aliphatic carbocycles. The molecule has 0 amide bonds. The molecule has 0 saturated heterocycles. The fraction of sp³-hybridized carbons (Fsp3) is 0.455. The molecule has 3 N–H and O–H groups in total. The van der Waals surface area contributed by atoms with Gasteiger partial charge in [-0.2, -0.15) is 0 Å². The van der Waals surface area contributed by atoms with Gasteiger partial charge in [0.05, 0.1) is 4.90 Å². The fourth-order valence-electron chi connectivity index (χ4n) is 1.23. The number of sulfonamides is 1. The topological polar surface area (TPSA) is 72.2 Å². The van der Waals surface area contributed by atoms with Gasteiger partial charge in [0.25, 0.3) is 0 Å². The summed E-state index contributed by atoms with van der Waals surface area (Å²) >= 11 is 1.51. The van der Waals surface area contributed by atoms with Crippen LogP contribution in [-0.2, 0) is 10.0 Å². The van der Waals surface area contributed by atoms with Crippen LogP contribution in [-0.4, -0.2) is 26.8 Å². The van der Waals surface area contributed by atoms with E-state index < -0.39 is 15.6 Å². The number of nitrogens with two attached hydrogens (primary N) is 1. The number of benzene rings is 1. The Balaban J connectivity index is 0.00000289. The summed E-state index contributed by atoms with van der Waals surface area (Å²) in [7, 11) is -3.51. The molecule has 104 valence electrons. The van der Waals surface area contributed by atoms with E-state index in [-0.39, 0.29) is 23.8 Å². The number of thioether (sulfide) groups is 1. The Kier molecular flexibility index (Phi) is 6.67. The van der Waals surface area contributed by atoms with E-state index in [4.69, 9.17) is 5.73 Å². The third kappa shape index (κ3) is 4.78. The Morgan fingerprint density at radius 1 is 1.39 bits per heavy atom. The molecule has 7 heteroatoms. The second-order valence-electron chi connectivity index (χ2n) is 4.37. The van der Waals surface area contributed by atoms with Crippen molar-refractivity contribution in [2.24, 2.45) is 5.73 Å². The molecule has 0 unspecified atom stereocenters. The minimum absolute atomic E-state index is 0. The summed E-state index contributed by atoms with van der Waals surface area (Å²) in [6, 6.07) is 6.84. The highest BCUT2D eigenvalue weighted by Gasteiger charge is 2.24. The molecule has 18 heavy (non-hydrogen) atoms. The quantitative estimate of drug-likeness (QED) is 0.814. The molecule has 0 spiro atoms. The van der Waals surface area contributed by atoms with Crippen LogP contribution in [0.1, 0.15) is 13.8 Å². The molecule has 1 aromatic carbocycles. The molecule has 0 radical (unpaired) electrons. The maximum absolute atomic E-state index is 12.1. The van der Waals surface area contributed by atoms with Crippen LogP contribution in [0.4, 0.5) is 0 Å². The van der Waals surface area contributed by atoms with Crippen LogP contribution in [0.25, 0.3) is 0 Å². The fourth-order valence-corrected chi connectivity index (χ4v) is 3.24. The predicted octanol–water partition coefficient (Wildman–Crippen LogP) is 1.85. The van der Waals surface area contributed by atoms with Crippen LogP contribution >= 0.6 is 24.2 Å². The van der Waals surface area contributed by atoms with Crippen LogP contribution in [0, 0.1) is 0 Å². The second kappa shape index (κ2) is 6.77. The van der Waals surface area contributed by atoms with Crippen molar-refractivity contribution in [3.8, 4) is 0 Å². The van der Waals surface area contributed by atoms with Crippen molar-refractivity contribution in [1.82, 2.24) is 4.72 Å². The molecule has 0 bridgehead atoms. The first-order chi connectivity index (χ1) is 7.80. The molecule has 0 aliphatic heterocycles. The van der Waals surface area contributed by atoms with E-state index >= 15 is 0 Å². The molecule has 4 nitrogen and oxygen atoms in total. The lowest BCUT2D eigenvalue weighted by Crippen LogP contribution is -2.48. The van der Waals surface area contributed by atoms with Crippen molar-refractivity contribution in [2.45, 2.75) is 29.2 Å². The normalized spacial score (nSPS) is 12.0. The molecule has 0 aliphatic rings. The number of hydrogen-bond donors (Lipinski definition) is 2. The third-order valence-electron chi connectivity index (χ3n) is 2.27. The maximum atomic E-state index is 12.1. The SMILES string of the molecule is CSc1cccc(S(=O)(=O)NC(C)(C)CN)c1.Cl.